The quantitative estimate of drug-likeness (QED) is 0.508. The highest BCUT2D eigenvalue weighted by Gasteiger charge is 2.29. The van der Waals surface area contributed by atoms with Crippen molar-refractivity contribution in [2.24, 2.45) is 0 Å². The minimum absolute atomic E-state index is 0.190. The highest BCUT2D eigenvalue weighted by molar-refractivity contribution is 7.89. The Balaban J connectivity index is 1.32. The molecule has 0 amide bonds. The Kier molecular flexibility index (Phi) is 8.13. The molecule has 6 nitrogen and oxygen atoms in total. The summed E-state index contributed by atoms with van der Waals surface area (Å²) in [4.78, 5) is 2.41. The first-order valence-corrected chi connectivity index (χ1v) is 13.1. The lowest BCUT2D eigenvalue weighted by Gasteiger charge is -2.35. The van der Waals surface area contributed by atoms with Crippen molar-refractivity contribution >= 4 is 10.0 Å². The molecular weight excluding hydrogens is 448 g/mol. The van der Waals surface area contributed by atoms with Crippen LogP contribution in [0, 0.1) is 6.92 Å². The van der Waals surface area contributed by atoms with Gasteiger partial charge in [0.05, 0.1) is 17.6 Å². The van der Waals surface area contributed by atoms with Gasteiger partial charge in [0.2, 0.25) is 10.0 Å². The second kappa shape index (κ2) is 11.3. The fourth-order valence-electron chi connectivity index (χ4n) is 4.21. The van der Waals surface area contributed by atoms with Crippen molar-refractivity contribution in [1.82, 2.24) is 9.21 Å². The van der Waals surface area contributed by atoms with Gasteiger partial charge in [-0.1, -0.05) is 78.4 Å². The van der Waals surface area contributed by atoms with E-state index < -0.39 is 16.1 Å². The second-order valence-electron chi connectivity index (χ2n) is 8.71. The Morgan fingerprint density at radius 2 is 1.38 bits per heavy atom. The van der Waals surface area contributed by atoms with Crippen molar-refractivity contribution in [3.63, 3.8) is 0 Å². The van der Waals surface area contributed by atoms with Crippen LogP contribution >= 0.6 is 0 Å². The zero-order chi connectivity index (χ0) is 24.0. The molecule has 1 aliphatic rings. The molecule has 0 unspecified atom stereocenters. The Labute approximate surface area is 202 Å². The van der Waals surface area contributed by atoms with Gasteiger partial charge in [0, 0.05) is 32.7 Å². The number of hydrogen-bond donors (Lipinski definition) is 1. The van der Waals surface area contributed by atoms with E-state index in [-0.39, 0.29) is 12.7 Å². The maximum absolute atomic E-state index is 12.8. The van der Waals surface area contributed by atoms with Crippen LogP contribution in [0.25, 0.3) is 0 Å². The number of sulfonamides is 1. The van der Waals surface area contributed by atoms with Crippen LogP contribution < -0.4 is 0 Å². The molecule has 0 aromatic heterocycles. The average molecular weight is 481 g/mol. The molecule has 1 N–H and O–H groups in total. The standard InChI is InChI=1S/C27H32N2O4S/c1-22-12-14-24(15-13-22)27(23-8-4-2-5-9-23)33-21-25(30)20-28-16-18-29(19-17-28)34(31,32)26-10-6-3-7-11-26/h2-15,25,27,30H,16-21H2,1H3/t25-,27+/m1/s1. The molecule has 7 heteroatoms. The number of piperazine rings is 1. The van der Waals surface area contributed by atoms with Crippen LogP contribution in [-0.4, -0.2) is 68.2 Å². The van der Waals surface area contributed by atoms with E-state index >= 15 is 0 Å². The number of rotatable bonds is 9. The van der Waals surface area contributed by atoms with Gasteiger partial charge < -0.3 is 9.84 Å². The van der Waals surface area contributed by atoms with E-state index in [1.807, 2.05) is 36.4 Å². The summed E-state index contributed by atoms with van der Waals surface area (Å²) >= 11 is 0. The lowest BCUT2D eigenvalue weighted by molar-refractivity contribution is -0.0117. The lowest BCUT2D eigenvalue weighted by atomic mass is 10.0. The first-order chi connectivity index (χ1) is 16.4. The third kappa shape index (κ3) is 6.11. The molecule has 2 atom stereocenters. The molecule has 0 bridgehead atoms. The first kappa shape index (κ1) is 24.6. The average Bonchev–Trinajstić information content (AvgIpc) is 2.87. The predicted molar refractivity (Wildman–Crippen MR) is 133 cm³/mol. The molecule has 3 aromatic carbocycles. The largest absolute Gasteiger partial charge is 0.389 e. The Morgan fingerprint density at radius 1 is 0.824 bits per heavy atom. The summed E-state index contributed by atoms with van der Waals surface area (Å²) in [6.07, 6.45) is -0.932. The number of hydrogen-bond acceptors (Lipinski definition) is 5. The van der Waals surface area contributed by atoms with Gasteiger partial charge in [0.1, 0.15) is 6.10 Å². The smallest absolute Gasteiger partial charge is 0.243 e. The number of ether oxygens (including phenoxy) is 1. The Hall–Kier alpha value is -2.55. The monoisotopic (exact) mass is 480 g/mol. The van der Waals surface area contributed by atoms with Crippen molar-refractivity contribution in [3.8, 4) is 0 Å². The van der Waals surface area contributed by atoms with E-state index in [1.165, 1.54) is 9.87 Å². The van der Waals surface area contributed by atoms with Gasteiger partial charge in [-0.15, -0.1) is 0 Å². The summed E-state index contributed by atoms with van der Waals surface area (Å²) in [5.41, 5.74) is 3.27. The molecule has 0 aliphatic carbocycles. The number of aliphatic hydroxyl groups is 1. The van der Waals surface area contributed by atoms with Gasteiger partial charge in [-0.2, -0.15) is 4.31 Å². The van der Waals surface area contributed by atoms with E-state index in [2.05, 4.69) is 36.1 Å². The van der Waals surface area contributed by atoms with Gasteiger partial charge in [0.25, 0.3) is 0 Å². The third-order valence-electron chi connectivity index (χ3n) is 6.12. The highest BCUT2D eigenvalue weighted by atomic mass is 32.2. The van der Waals surface area contributed by atoms with E-state index in [9.17, 15) is 13.5 Å². The normalized spacial score (nSPS) is 17.4. The molecule has 4 rings (SSSR count). The van der Waals surface area contributed by atoms with Crippen molar-refractivity contribution < 1.29 is 18.3 Å². The maximum Gasteiger partial charge on any atom is 0.243 e. The molecule has 1 saturated heterocycles. The Bertz CT molecular complexity index is 1130. The molecule has 1 heterocycles. The zero-order valence-corrected chi connectivity index (χ0v) is 20.3. The molecule has 0 saturated carbocycles. The Morgan fingerprint density at radius 3 is 2.00 bits per heavy atom. The number of benzene rings is 3. The molecule has 34 heavy (non-hydrogen) atoms. The van der Waals surface area contributed by atoms with E-state index in [4.69, 9.17) is 4.74 Å². The summed E-state index contributed by atoms with van der Waals surface area (Å²) < 4.78 is 33.4. The van der Waals surface area contributed by atoms with Gasteiger partial charge in [-0.05, 0) is 30.2 Å². The van der Waals surface area contributed by atoms with Crippen molar-refractivity contribution in [2.45, 2.75) is 24.0 Å². The van der Waals surface area contributed by atoms with Crippen LogP contribution in [0.2, 0.25) is 0 Å². The minimum Gasteiger partial charge on any atom is -0.389 e. The van der Waals surface area contributed by atoms with Crippen LogP contribution in [0.3, 0.4) is 0 Å². The molecule has 0 radical (unpaired) electrons. The molecule has 3 aromatic rings. The number of β-amino-alcohol motifs (C(OH)–C–C–N with tert-alkyl or cyclic N) is 1. The van der Waals surface area contributed by atoms with Crippen LogP contribution in [0.5, 0.6) is 0 Å². The van der Waals surface area contributed by atoms with Crippen LogP contribution in [0.1, 0.15) is 22.8 Å². The minimum atomic E-state index is -3.48. The summed E-state index contributed by atoms with van der Waals surface area (Å²) in [5, 5.41) is 10.7. The topological polar surface area (TPSA) is 70.1 Å². The number of nitrogens with zero attached hydrogens (tertiary/aromatic N) is 2. The van der Waals surface area contributed by atoms with Crippen LogP contribution in [-0.2, 0) is 14.8 Å². The second-order valence-corrected chi connectivity index (χ2v) is 10.6. The molecular formula is C27H32N2O4S. The summed E-state index contributed by atoms with van der Waals surface area (Å²) in [7, 11) is -3.48. The summed E-state index contributed by atoms with van der Waals surface area (Å²) in [6.45, 7) is 4.63. The molecule has 1 fully saturated rings. The van der Waals surface area contributed by atoms with Gasteiger partial charge in [-0.25, -0.2) is 8.42 Å². The van der Waals surface area contributed by atoms with Crippen LogP contribution in [0.15, 0.2) is 89.8 Å². The van der Waals surface area contributed by atoms with Crippen LogP contribution in [0.4, 0.5) is 0 Å². The van der Waals surface area contributed by atoms with Gasteiger partial charge in [0.15, 0.2) is 0 Å². The number of aryl methyl sites for hydroxylation is 1. The predicted octanol–water partition coefficient (Wildman–Crippen LogP) is 3.47. The van der Waals surface area contributed by atoms with Crippen molar-refractivity contribution in [1.29, 1.82) is 0 Å². The summed E-state index contributed by atoms with van der Waals surface area (Å²) in [6, 6.07) is 26.8. The molecule has 1 aliphatic heterocycles. The summed E-state index contributed by atoms with van der Waals surface area (Å²) in [5.74, 6) is 0. The zero-order valence-electron chi connectivity index (χ0n) is 19.5. The van der Waals surface area contributed by atoms with Crippen molar-refractivity contribution in [3.05, 3.63) is 102 Å². The molecule has 0 spiro atoms. The van der Waals surface area contributed by atoms with Gasteiger partial charge >= 0.3 is 0 Å². The van der Waals surface area contributed by atoms with E-state index in [0.29, 0.717) is 37.6 Å². The lowest BCUT2D eigenvalue weighted by Crippen LogP contribution is -2.50. The molecule has 180 valence electrons. The van der Waals surface area contributed by atoms with Crippen molar-refractivity contribution in [2.75, 3.05) is 39.3 Å². The highest BCUT2D eigenvalue weighted by Crippen LogP contribution is 2.26. The SMILES string of the molecule is Cc1ccc([C@@H](OC[C@H](O)CN2CCN(S(=O)(=O)c3ccccc3)CC2)c2ccccc2)cc1. The van der Waals surface area contributed by atoms with E-state index in [0.717, 1.165) is 11.1 Å². The number of aliphatic hydroxyl groups excluding tert-OH is 1. The first-order valence-electron chi connectivity index (χ1n) is 11.6. The third-order valence-corrected chi connectivity index (χ3v) is 8.03. The maximum atomic E-state index is 12.8. The van der Waals surface area contributed by atoms with E-state index in [1.54, 1.807) is 24.3 Å². The fraction of sp³-hybridized carbons (Fsp3) is 0.333. The fourth-order valence-corrected chi connectivity index (χ4v) is 5.65. The van der Waals surface area contributed by atoms with Gasteiger partial charge in [-0.3, -0.25) is 4.90 Å².